The summed E-state index contributed by atoms with van der Waals surface area (Å²) in [5.41, 5.74) is -0.452. The number of carbonyl (C=O) groups excluding carboxylic acids is 1. The second-order valence-electron chi connectivity index (χ2n) is 15.8. The number of aldehydes is 1. The van der Waals surface area contributed by atoms with Crippen molar-refractivity contribution in [1.82, 2.24) is 24.8 Å². The largest absolute Gasteiger partial charge is 0.508 e. The van der Waals surface area contributed by atoms with Gasteiger partial charge in [-0.05, 0) is 119 Å². The van der Waals surface area contributed by atoms with Gasteiger partial charge in [-0.15, -0.1) is 0 Å². The average molecular weight is 715 g/mol. The average Bonchev–Trinajstić information content (AvgIpc) is 3.70. The third-order valence-electron chi connectivity index (χ3n) is 12.2. The number of likely N-dealkylation sites (tertiary alicyclic amines) is 1. The first-order chi connectivity index (χ1) is 25.1. The Bertz CT molecular complexity index is 2000. The predicted molar refractivity (Wildman–Crippen MR) is 196 cm³/mol. The lowest BCUT2D eigenvalue weighted by molar-refractivity contribution is -0.112. The molecule has 2 aromatic heterocycles. The van der Waals surface area contributed by atoms with Gasteiger partial charge in [-0.25, -0.2) is 8.78 Å². The molecule has 2 aromatic carbocycles. The van der Waals surface area contributed by atoms with Crippen molar-refractivity contribution in [3.05, 3.63) is 47.7 Å². The summed E-state index contributed by atoms with van der Waals surface area (Å²) in [6.45, 7) is 8.80. The molecule has 276 valence electrons. The van der Waals surface area contributed by atoms with E-state index in [1.807, 2.05) is 11.8 Å². The van der Waals surface area contributed by atoms with Gasteiger partial charge in [0, 0.05) is 43.4 Å². The Balaban J connectivity index is 1.15. The fraction of sp³-hybridized carbons (Fsp3) is 0.550. The van der Waals surface area contributed by atoms with E-state index in [4.69, 9.17) is 9.72 Å². The van der Waals surface area contributed by atoms with Gasteiger partial charge in [-0.1, -0.05) is 13.0 Å². The lowest BCUT2D eigenvalue weighted by Gasteiger charge is -2.38. The molecule has 12 heteroatoms. The monoisotopic (exact) mass is 714 g/mol. The number of nitrogens with zero attached hydrogens (tertiary/aromatic N) is 6. The molecule has 0 radical (unpaired) electrons. The van der Waals surface area contributed by atoms with Gasteiger partial charge in [0.25, 0.3) is 0 Å². The lowest BCUT2D eigenvalue weighted by atomic mass is 9.94. The summed E-state index contributed by atoms with van der Waals surface area (Å²) in [5, 5.41) is 23.1. The fourth-order valence-corrected chi connectivity index (χ4v) is 9.52. The standard InChI is InChI=1S/C40H48F2N6O4/c1-3-29-32(41)7-6-26-18-28(50)19-30(33(26)29)35-34(42)36-31(20-43-35)37(47-14-4-11-39(2,51)23-47)45-38(44-36)52-24-40-12-5-15-48(40)27(8-13-40)21-46-16-9-25(22-49)10-17-46/h6-7,18-20,22,25,27,50-51H,3-5,8-17,21,23-24H2,1-2H3/t27-,39+,40-/m0/s1. The second kappa shape index (κ2) is 13.8. The molecule has 4 aromatic rings. The van der Waals surface area contributed by atoms with E-state index in [0.717, 1.165) is 77.4 Å². The van der Waals surface area contributed by atoms with Crippen LogP contribution in [0.5, 0.6) is 11.8 Å². The Morgan fingerprint density at radius 2 is 1.85 bits per heavy atom. The Hall–Kier alpha value is -4.00. The van der Waals surface area contributed by atoms with E-state index in [-0.39, 0.29) is 40.0 Å². The molecule has 4 fully saturated rings. The van der Waals surface area contributed by atoms with E-state index in [1.54, 1.807) is 19.1 Å². The normalized spacial score (nSPS) is 26.0. The molecule has 3 atom stereocenters. The Morgan fingerprint density at radius 3 is 2.62 bits per heavy atom. The van der Waals surface area contributed by atoms with Crippen LogP contribution in [-0.2, 0) is 11.2 Å². The molecule has 0 spiro atoms. The van der Waals surface area contributed by atoms with Crippen molar-refractivity contribution in [3.63, 3.8) is 0 Å². The minimum Gasteiger partial charge on any atom is -0.508 e. The highest BCUT2D eigenvalue weighted by Gasteiger charge is 2.50. The number of aromatic hydroxyl groups is 1. The topological polar surface area (TPSA) is 115 Å². The molecule has 0 saturated carbocycles. The Kier molecular flexibility index (Phi) is 9.28. The zero-order valence-electron chi connectivity index (χ0n) is 30.1. The van der Waals surface area contributed by atoms with Crippen LogP contribution in [0.25, 0.3) is 32.9 Å². The van der Waals surface area contributed by atoms with E-state index >= 15 is 8.78 Å². The first-order valence-corrected chi connectivity index (χ1v) is 18.9. The molecule has 52 heavy (non-hydrogen) atoms. The number of phenols is 1. The molecule has 8 rings (SSSR count). The number of benzene rings is 2. The van der Waals surface area contributed by atoms with Gasteiger partial charge < -0.3 is 29.5 Å². The predicted octanol–water partition coefficient (Wildman–Crippen LogP) is 6.03. The number of anilines is 1. The van der Waals surface area contributed by atoms with Crippen LogP contribution >= 0.6 is 0 Å². The summed E-state index contributed by atoms with van der Waals surface area (Å²) in [5.74, 6) is -0.580. The molecule has 6 heterocycles. The summed E-state index contributed by atoms with van der Waals surface area (Å²) in [4.78, 5) is 32.5. The second-order valence-corrected chi connectivity index (χ2v) is 15.8. The van der Waals surface area contributed by atoms with Gasteiger partial charge in [0.2, 0.25) is 0 Å². The molecule has 0 amide bonds. The molecule has 4 aliphatic heterocycles. The quantitative estimate of drug-likeness (QED) is 0.199. The summed E-state index contributed by atoms with van der Waals surface area (Å²) in [6, 6.07) is 6.37. The van der Waals surface area contributed by atoms with E-state index in [9.17, 15) is 15.0 Å². The first kappa shape index (κ1) is 35.1. The summed E-state index contributed by atoms with van der Waals surface area (Å²) in [7, 11) is 0. The number of β-amino-alcohol motifs (C(OH)–C–C–N with tert-alkyl or cyclic N) is 1. The molecule has 10 nitrogen and oxygen atoms in total. The molecular formula is C40H48F2N6O4. The van der Waals surface area contributed by atoms with Crippen LogP contribution in [0.2, 0.25) is 0 Å². The van der Waals surface area contributed by atoms with Crippen molar-refractivity contribution in [2.24, 2.45) is 5.92 Å². The lowest BCUT2D eigenvalue weighted by Crippen LogP contribution is -2.50. The molecule has 0 unspecified atom stereocenters. The van der Waals surface area contributed by atoms with Crippen molar-refractivity contribution in [2.75, 3.05) is 50.8 Å². The van der Waals surface area contributed by atoms with Gasteiger partial charge in [-0.3, -0.25) is 9.88 Å². The highest BCUT2D eigenvalue weighted by molar-refractivity contribution is 6.01. The van der Waals surface area contributed by atoms with Gasteiger partial charge >= 0.3 is 6.01 Å². The number of ether oxygens (including phenoxy) is 1. The van der Waals surface area contributed by atoms with Crippen LogP contribution in [0.1, 0.15) is 70.8 Å². The van der Waals surface area contributed by atoms with Crippen LogP contribution in [0.15, 0.2) is 30.5 Å². The minimum atomic E-state index is -0.950. The van der Waals surface area contributed by atoms with E-state index in [1.165, 1.54) is 18.3 Å². The van der Waals surface area contributed by atoms with Crippen molar-refractivity contribution < 1.29 is 28.5 Å². The van der Waals surface area contributed by atoms with Crippen LogP contribution < -0.4 is 9.64 Å². The third-order valence-corrected chi connectivity index (χ3v) is 12.2. The molecule has 4 aliphatic rings. The van der Waals surface area contributed by atoms with Crippen molar-refractivity contribution in [3.8, 4) is 23.0 Å². The molecular weight excluding hydrogens is 666 g/mol. The minimum absolute atomic E-state index is 0.0185. The number of fused-ring (bicyclic) bond motifs is 3. The number of hydrogen-bond acceptors (Lipinski definition) is 10. The third kappa shape index (κ3) is 6.36. The number of hydrogen-bond donors (Lipinski definition) is 2. The maximum atomic E-state index is 17.0. The van der Waals surface area contributed by atoms with E-state index in [2.05, 4.69) is 19.8 Å². The summed E-state index contributed by atoms with van der Waals surface area (Å²) >= 11 is 0. The maximum absolute atomic E-state index is 17.0. The number of aryl methyl sites for hydroxylation is 1. The summed E-state index contributed by atoms with van der Waals surface area (Å²) in [6.07, 6.45) is 10.3. The SMILES string of the molecule is CCc1c(F)ccc2cc(O)cc(-c3ncc4c(N5CCC[C@@](C)(O)C5)nc(OC[C@@]56CCCN5[C@H](CN5CCC(C=O)CC5)CC6)nc4c3F)c12. The fourth-order valence-electron chi connectivity index (χ4n) is 9.52. The number of phenolic OH excluding ortho intramolecular Hbond substituents is 1. The smallest absolute Gasteiger partial charge is 0.319 e. The number of halogens is 2. The molecule has 0 aliphatic carbocycles. The molecule has 0 bridgehead atoms. The van der Waals surface area contributed by atoms with Gasteiger partial charge in [0.05, 0.1) is 16.5 Å². The maximum Gasteiger partial charge on any atom is 0.319 e. The van der Waals surface area contributed by atoms with Gasteiger partial charge in [0.15, 0.2) is 5.82 Å². The van der Waals surface area contributed by atoms with Gasteiger partial charge in [-0.2, -0.15) is 9.97 Å². The Labute approximate surface area is 302 Å². The van der Waals surface area contributed by atoms with Crippen LogP contribution in [-0.4, -0.2) is 104 Å². The van der Waals surface area contributed by atoms with Crippen molar-refractivity contribution in [2.45, 2.75) is 88.8 Å². The molecule has 4 saturated heterocycles. The van der Waals surface area contributed by atoms with Crippen LogP contribution in [0.3, 0.4) is 0 Å². The Morgan fingerprint density at radius 1 is 1.04 bits per heavy atom. The van der Waals surface area contributed by atoms with Gasteiger partial charge in [0.1, 0.15) is 41.5 Å². The highest BCUT2D eigenvalue weighted by atomic mass is 19.1. The van der Waals surface area contributed by atoms with Crippen LogP contribution in [0.4, 0.5) is 14.6 Å². The van der Waals surface area contributed by atoms with Crippen molar-refractivity contribution >= 4 is 33.8 Å². The number of aromatic nitrogens is 3. The number of piperidine rings is 2. The van der Waals surface area contributed by atoms with Crippen LogP contribution in [0, 0.1) is 17.6 Å². The number of pyridine rings is 1. The zero-order valence-corrected chi connectivity index (χ0v) is 30.1. The van der Waals surface area contributed by atoms with E-state index in [0.29, 0.717) is 66.1 Å². The number of carbonyl (C=O) groups is 1. The molecule has 2 N–H and O–H groups in total. The number of rotatable bonds is 9. The van der Waals surface area contributed by atoms with E-state index < -0.39 is 17.2 Å². The summed E-state index contributed by atoms with van der Waals surface area (Å²) < 4.78 is 38.6. The van der Waals surface area contributed by atoms with Crippen molar-refractivity contribution in [1.29, 1.82) is 0 Å². The highest BCUT2D eigenvalue weighted by Crippen LogP contribution is 2.44. The zero-order chi connectivity index (χ0) is 36.2. The number of aliphatic hydroxyl groups is 1. The first-order valence-electron chi connectivity index (χ1n) is 18.9.